The number of fused-ring (bicyclic) bond motifs is 2. The number of sulfone groups is 1. The zero-order valence-electron chi connectivity index (χ0n) is 15.2. The second-order valence-electron chi connectivity index (χ2n) is 6.41. The van der Waals surface area contributed by atoms with Gasteiger partial charge in [0.1, 0.15) is 13.2 Å². The van der Waals surface area contributed by atoms with Crippen LogP contribution in [-0.2, 0) is 14.6 Å². The van der Waals surface area contributed by atoms with Gasteiger partial charge in [-0.15, -0.1) is 0 Å². The summed E-state index contributed by atoms with van der Waals surface area (Å²) in [5, 5.41) is 3.65. The van der Waals surface area contributed by atoms with E-state index in [4.69, 9.17) is 21.1 Å². The van der Waals surface area contributed by atoms with E-state index in [1.807, 2.05) is 6.07 Å². The van der Waals surface area contributed by atoms with Crippen LogP contribution in [0.3, 0.4) is 0 Å². The van der Waals surface area contributed by atoms with E-state index in [0.29, 0.717) is 40.4 Å². The van der Waals surface area contributed by atoms with Gasteiger partial charge in [0.25, 0.3) is 0 Å². The van der Waals surface area contributed by atoms with Crippen LogP contribution in [0.1, 0.15) is 12.8 Å². The average molecular weight is 453 g/mol. The van der Waals surface area contributed by atoms with E-state index in [1.54, 1.807) is 6.07 Å². The molecule has 0 spiro atoms. The van der Waals surface area contributed by atoms with Gasteiger partial charge < -0.3 is 14.8 Å². The number of hydrogen-bond acceptors (Lipinski definition) is 7. The molecular formula is C19H17ClN2O5S2. The van der Waals surface area contributed by atoms with E-state index < -0.39 is 9.84 Å². The average Bonchev–Trinajstić information content (AvgIpc) is 3.07. The molecule has 0 bridgehead atoms. The highest BCUT2D eigenvalue weighted by Crippen LogP contribution is 2.37. The lowest BCUT2D eigenvalue weighted by Gasteiger charge is -2.17. The van der Waals surface area contributed by atoms with Gasteiger partial charge in [-0.05, 0) is 30.7 Å². The Morgan fingerprint density at radius 3 is 2.55 bits per heavy atom. The van der Waals surface area contributed by atoms with Crippen LogP contribution >= 0.6 is 22.9 Å². The molecule has 1 aliphatic heterocycles. The van der Waals surface area contributed by atoms with E-state index in [-0.39, 0.29) is 29.4 Å². The Labute approximate surface area is 176 Å². The number of hydrogen-bond donors (Lipinski definition) is 1. The summed E-state index contributed by atoms with van der Waals surface area (Å²) in [6.45, 7) is 0.991. The number of nitrogens with one attached hydrogen (secondary N) is 1. The molecule has 1 amide bonds. The van der Waals surface area contributed by atoms with Gasteiger partial charge in [-0.1, -0.05) is 22.9 Å². The lowest BCUT2D eigenvalue weighted by atomic mass is 10.3. The molecule has 0 unspecified atom stereocenters. The van der Waals surface area contributed by atoms with E-state index in [9.17, 15) is 13.2 Å². The summed E-state index contributed by atoms with van der Waals surface area (Å²) < 4.78 is 36.6. The Balaban J connectivity index is 1.35. The molecule has 0 aliphatic carbocycles. The van der Waals surface area contributed by atoms with Crippen LogP contribution in [0.4, 0.5) is 5.13 Å². The summed E-state index contributed by atoms with van der Waals surface area (Å²) in [5.74, 6) is 0.896. The molecule has 1 aromatic heterocycles. The molecule has 7 nitrogen and oxygen atoms in total. The molecule has 0 fully saturated rings. The number of aromatic nitrogens is 1. The number of benzene rings is 2. The van der Waals surface area contributed by atoms with E-state index in [0.717, 1.165) is 4.70 Å². The summed E-state index contributed by atoms with van der Waals surface area (Å²) in [5.41, 5.74) is 0.708. The highest BCUT2D eigenvalue weighted by Gasteiger charge is 2.17. The number of carbonyl (C=O) groups is 1. The molecule has 10 heteroatoms. The lowest BCUT2D eigenvalue weighted by molar-refractivity contribution is -0.116. The van der Waals surface area contributed by atoms with E-state index in [2.05, 4.69) is 10.3 Å². The summed E-state index contributed by atoms with van der Waals surface area (Å²) in [4.78, 5) is 16.8. The number of amides is 1. The van der Waals surface area contributed by atoms with Crippen LogP contribution in [0.15, 0.2) is 41.3 Å². The van der Waals surface area contributed by atoms with E-state index in [1.165, 1.54) is 35.6 Å². The van der Waals surface area contributed by atoms with Crippen molar-refractivity contribution in [3.8, 4) is 11.5 Å². The minimum atomic E-state index is -3.46. The predicted octanol–water partition coefficient (Wildman–Crippen LogP) is 3.91. The summed E-state index contributed by atoms with van der Waals surface area (Å²) >= 11 is 7.11. The summed E-state index contributed by atoms with van der Waals surface area (Å²) in [6, 6.07) is 9.62. The maximum Gasteiger partial charge on any atom is 0.226 e. The molecule has 152 valence electrons. The zero-order valence-corrected chi connectivity index (χ0v) is 17.6. The number of halogens is 1. The fourth-order valence-corrected chi connectivity index (χ4v) is 5.21. The number of thiazole rings is 1. The van der Waals surface area contributed by atoms with Crippen LogP contribution in [0.5, 0.6) is 11.5 Å². The van der Waals surface area contributed by atoms with Gasteiger partial charge in [-0.3, -0.25) is 4.79 Å². The maximum absolute atomic E-state index is 12.3. The lowest BCUT2D eigenvalue weighted by Crippen LogP contribution is -2.15. The van der Waals surface area contributed by atoms with Crippen LogP contribution < -0.4 is 14.8 Å². The summed E-state index contributed by atoms with van der Waals surface area (Å²) in [6.07, 6.45) is 0.281. The largest absolute Gasteiger partial charge is 0.486 e. The standard InChI is InChI=1S/C19H17ClN2O5S2/c20-12-3-5-13(6-4-12)29(24,25)9-1-2-18(23)22-19-21-14-10-15-16(11-17(14)28-19)27-8-7-26-15/h3-6,10-11H,1-2,7-9H2,(H,21,22,23). The second kappa shape index (κ2) is 8.17. The SMILES string of the molecule is O=C(CCCS(=O)(=O)c1ccc(Cl)cc1)Nc1nc2cc3c(cc2s1)OCCO3. The molecule has 4 rings (SSSR count). The third-order valence-electron chi connectivity index (χ3n) is 4.29. The molecular weight excluding hydrogens is 436 g/mol. The maximum atomic E-state index is 12.3. The number of rotatable bonds is 6. The summed E-state index contributed by atoms with van der Waals surface area (Å²) in [7, 11) is -3.46. The first-order valence-corrected chi connectivity index (χ1v) is 11.7. The Hall–Kier alpha value is -2.36. The van der Waals surface area contributed by atoms with Crippen LogP contribution in [0.25, 0.3) is 10.2 Å². The van der Waals surface area contributed by atoms with Crippen molar-refractivity contribution in [1.82, 2.24) is 4.98 Å². The number of ether oxygens (including phenoxy) is 2. The third kappa shape index (κ3) is 4.63. The first-order chi connectivity index (χ1) is 13.9. The quantitative estimate of drug-likeness (QED) is 0.609. The van der Waals surface area contributed by atoms with Gasteiger partial charge in [0.15, 0.2) is 26.5 Å². The normalized spacial score (nSPS) is 13.4. The molecule has 0 saturated carbocycles. The van der Waals surface area contributed by atoms with Crippen LogP contribution in [0.2, 0.25) is 5.02 Å². The van der Waals surface area contributed by atoms with Crippen molar-refractivity contribution in [2.75, 3.05) is 24.3 Å². The molecule has 2 heterocycles. The monoisotopic (exact) mass is 452 g/mol. The van der Waals surface area contributed by atoms with Crippen LogP contribution in [-0.4, -0.2) is 38.3 Å². The molecule has 2 aromatic carbocycles. The molecule has 0 radical (unpaired) electrons. The van der Waals surface area contributed by atoms with Crippen molar-refractivity contribution in [2.24, 2.45) is 0 Å². The number of anilines is 1. The first kappa shape index (κ1) is 19.9. The molecule has 0 saturated heterocycles. The first-order valence-electron chi connectivity index (χ1n) is 8.89. The topological polar surface area (TPSA) is 94.6 Å². The smallest absolute Gasteiger partial charge is 0.226 e. The van der Waals surface area contributed by atoms with Gasteiger partial charge in [-0.25, -0.2) is 13.4 Å². The van der Waals surface area contributed by atoms with Gasteiger partial charge in [0, 0.05) is 23.6 Å². The minimum absolute atomic E-state index is 0.0749. The number of carbonyl (C=O) groups excluding carboxylic acids is 1. The Morgan fingerprint density at radius 1 is 1.14 bits per heavy atom. The Bertz CT molecular complexity index is 1120. The van der Waals surface area contributed by atoms with E-state index >= 15 is 0 Å². The predicted molar refractivity (Wildman–Crippen MR) is 112 cm³/mol. The van der Waals surface area contributed by atoms with Gasteiger partial charge >= 0.3 is 0 Å². The molecule has 3 aromatic rings. The highest BCUT2D eigenvalue weighted by molar-refractivity contribution is 7.91. The van der Waals surface area contributed by atoms with Crippen molar-refractivity contribution in [1.29, 1.82) is 0 Å². The van der Waals surface area contributed by atoms with Crippen molar-refractivity contribution in [3.63, 3.8) is 0 Å². The van der Waals surface area contributed by atoms with Crippen molar-refractivity contribution in [2.45, 2.75) is 17.7 Å². The third-order valence-corrected chi connectivity index (χ3v) is 7.29. The fourth-order valence-electron chi connectivity index (χ4n) is 2.88. The number of nitrogens with zero attached hydrogens (tertiary/aromatic N) is 1. The molecule has 1 N–H and O–H groups in total. The van der Waals surface area contributed by atoms with Gasteiger partial charge in [0.2, 0.25) is 5.91 Å². The minimum Gasteiger partial charge on any atom is -0.486 e. The molecule has 1 aliphatic rings. The fraction of sp³-hybridized carbons (Fsp3) is 0.263. The van der Waals surface area contributed by atoms with Crippen molar-refractivity contribution >= 4 is 54.0 Å². The van der Waals surface area contributed by atoms with Crippen molar-refractivity contribution < 1.29 is 22.7 Å². The Kier molecular flexibility index (Phi) is 5.62. The molecule has 0 atom stereocenters. The Morgan fingerprint density at radius 2 is 1.83 bits per heavy atom. The second-order valence-corrected chi connectivity index (χ2v) is 9.98. The molecule has 29 heavy (non-hydrogen) atoms. The van der Waals surface area contributed by atoms with Crippen LogP contribution in [0, 0.1) is 0 Å². The highest BCUT2D eigenvalue weighted by atomic mass is 35.5. The van der Waals surface area contributed by atoms with Crippen molar-refractivity contribution in [3.05, 3.63) is 41.4 Å². The van der Waals surface area contributed by atoms with Gasteiger partial charge in [-0.2, -0.15) is 0 Å². The van der Waals surface area contributed by atoms with Gasteiger partial charge in [0.05, 0.1) is 20.9 Å². The zero-order chi connectivity index (χ0) is 20.4.